The molecule has 15 heavy (non-hydrogen) atoms. The van der Waals surface area contributed by atoms with Crippen LogP contribution >= 0.6 is 0 Å². The molecule has 0 radical (unpaired) electrons. The molecule has 4 heteroatoms. The third-order valence-electron chi connectivity index (χ3n) is 2.52. The van der Waals surface area contributed by atoms with Crippen LogP contribution in [-0.4, -0.2) is 24.3 Å². The maximum atomic E-state index is 11.3. The van der Waals surface area contributed by atoms with E-state index in [0.717, 1.165) is 19.3 Å². The molecule has 0 spiro atoms. The zero-order chi connectivity index (χ0) is 11.5. The number of hydrogen-bond donors (Lipinski definition) is 2. The Kier molecular flexibility index (Phi) is 3.97. The molecule has 0 saturated heterocycles. The zero-order valence-electron chi connectivity index (χ0n) is 9.88. The van der Waals surface area contributed by atoms with Crippen molar-refractivity contribution in [3.8, 4) is 0 Å². The van der Waals surface area contributed by atoms with E-state index in [2.05, 4.69) is 5.32 Å². The summed E-state index contributed by atoms with van der Waals surface area (Å²) < 4.78 is 5.14. The van der Waals surface area contributed by atoms with E-state index < -0.39 is 5.60 Å². The fourth-order valence-corrected chi connectivity index (χ4v) is 1.84. The molecule has 3 N–H and O–H groups in total. The van der Waals surface area contributed by atoms with Crippen LogP contribution < -0.4 is 11.1 Å². The second-order valence-corrected chi connectivity index (χ2v) is 5.32. The molecule has 0 aliphatic heterocycles. The molecular formula is C11H22N2O2. The molecular weight excluding hydrogens is 192 g/mol. The summed E-state index contributed by atoms with van der Waals surface area (Å²) in [5.41, 5.74) is 5.37. The summed E-state index contributed by atoms with van der Waals surface area (Å²) in [6.07, 6.45) is 2.86. The Morgan fingerprint density at radius 1 is 1.47 bits per heavy atom. The molecule has 0 aromatic heterocycles. The molecule has 1 rings (SSSR count). The lowest BCUT2D eigenvalue weighted by molar-refractivity contribution is 0.0519. The van der Waals surface area contributed by atoms with E-state index in [1.807, 2.05) is 20.8 Å². The predicted octanol–water partition coefficient (Wildman–Crippen LogP) is 1.64. The molecule has 0 bridgehead atoms. The number of ether oxygens (including phenoxy) is 1. The van der Waals surface area contributed by atoms with Crippen LogP contribution in [0.25, 0.3) is 0 Å². The number of nitrogens with two attached hydrogens (primary N) is 1. The fraction of sp³-hybridized carbons (Fsp3) is 0.909. The number of alkyl carbamates (subject to hydrolysis) is 1. The molecule has 0 aromatic carbocycles. The van der Waals surface area contributed by atoms with Gasteiger partial charge in [0.05, 0.1) is 0 Å². The van der Waals surface area contributed by atoms with Crippen molar-refractivity contribution in [2.24, 2.45) is 11.7 Å². The van der Waals surface area contributed by atoms with Gasteiger partial charge in [-0.1, -0.05) is 0 Å². The molecule has 0 heterocycles. The van der Waals surface area contributed by atoms with Gasteiger partial charge in [0.2, 0.25) is 0 Å². The topological polar surface area (TPSA) is 64.3 Å². The standard InChI is InChI=1S/C11H22N2O2/c1-11(2,3)15-10(14)13-7-8-4-5-9(12)6-8/h8-9H,4-7,12H2,1-3H3,(H,13,14)/t8-,9-/m0/s1. The van der Waals surface area contributed by atoms with Crippen LogP contribution in [-0.2, 0) is 4.74 Å². The van der Waals surface area contributed by atoms with Crippen molar-refractivity contribution in [1.29, 1.82) is 0 Å². The average molecular weight is 214 g/mol. The molecule has 4 nitrogen and oxygen atoms in total. The lowest BCUT2D eigenvalue weighted by Gasteiger charge is -2.20. The minimum absolute atomic E-state index is 0.315. The highest BCUT2D eigenvalue weighted by Gasteiger charge is 2.23. The number of amides is 1. The average Bonchev–Trinajstić information content (AvgIpc) is 2.45. The summed E-state index contributed by atoms with van der Waals surface area (Å²) in [7, 11) is 0. The quantitative estimate of drug-likeness (QED) is 0.734. The highest BCUT2D eigenvalue weighted by molar-refractivity contribution is 5.67. The molecule has 1 aliphatic carbocycles. The van der Waals surface area contributed by atoms with Crippen molar-refractivity contribution in [1.82, 2.24) is 5.32 Å². The molecule has 1 aliphatic rings. The first-order valence-corrected chi connectivity index (χ1v) is 5.59. The van der Waals surface area contributed by atoms with Crippen LogP contribution in [0.4, 0.5) is 4.79 Å². The van der Waals surface area contributed by atoms with Gasteiger partial charge in [-0.2, -0.15) is 0 Å². The number of carbonyl (C=O) groups excluding carboxylic acids is 1. The van der Waals surface area contributed by atoms with E-state index in [9.17, 15) is 4.79 Å². The second-order valence-electron chi connectivity index (χ2n) is 5.32. The number of carbonyl (C=O) groups is 1. The van der Waals surface area contributed by atoms with Crippen molar-refractivity contribution >= 4 is 6.09 Å². The summed E-state index contributed by atoms with van der Waals surface area (Å²) in [6, 6.07) is 0.315. The smallest absolute Gasteiger partial charge is 0.407 e. The number of nitrogens with one attached hydrogen (secondary N) is 1. The third kappa shape index (κ3) is 5.02. The molecule has 1 amide bonds. The summed E-state index contributed by atoms with van der Waals surface area (Å²) in [6.45, 7) is 6.26. The minimum Gasteiger partial charge on any atom is -0.444 e. The summed E-state index contributed by atoms with van der Waals surface area (Å²) in [5, 5.41) is 2.78. The van der Waals surface area contributed by atoms with Crippen molar-refractivity contribution in [2.75, 3.05) is 6.54 Å². The van der Waals surface area contributed by atoms with Crippen LogP contribution in [0.2, 0.25) is 0 Å². The van der Waals surface area contributed by atoms with Crippen molar-refractivity contribution < 1.29 is 9.53 Å². The van der Waals surface area contributed by atoms with E-state index in [1.54, 1.807) is 0 Å². The van der Waals surface area contributed by atoms with Crippen molar-refractivity contribution in [3.63, 3.8) is 0 Å². The molecule has 1 fully saturated rings. The van der Waals surface area contributed by atoms with Gasteiger partial charge in [0, 0.05) is 12.6 Å². The molecule has 88 valence electrons. The molecule has 0 unspecified atom stereocenters. The molecule has 1 saturated carbocycles. The van der Waals surface area contributed by atoms with E-state index in [1.165, 1.54) is 0 Å². The SMILES string of the molecule is CC(C)(C)OC(=O)NC[C@H]1CC[C@H](N)C1. The van der Waals surface area contributed by atoms with Gasteiger partial charge < -0.3 is 15.8 Å². The fourth-order valence-electron chi connectivity index (χ4n) is 1.84. The van der Waals surface area contributed by atoms with Gasteiger partial charge in [-0.15, -0.1) is 0 Å². The monoisotopic (exact) mass is 214 g/mol. The maximum absolute atomic E-state index is 11.3. The van der Waals surface area contributed by atoms with Gasteiger partial charge in [0.25, 0.3) is 0 Å². The van der Waals surface area contributed by atoms with E-state index in [4.69, 9.17) is 10.5 Å². The van der Waals surface area contributed by atoms with Gasteiger partial charge in [-0.3, -0.25) is 0 Å². The Morgan fingerprint density at radius 3 is 2.60 bits per heavy atom. The van der Waals surface area contributed by atoms with Gasteiger partial charge in [-0.25, -0.2) is 4.79 Å². The maximum Gasteiger partial charge on any atom is 0.407 e. The predicted molar refractivity (Wildman–Crippen MR) is 59.6 cm³/mol. The zero-order valence-corrected chi connectivity index (χ0v) is 9.88. The lowest BCUT2D eigenvalue weighted by atomic mass is 10.1. The lowest BCUT2D eigenvalue weighted by Crippen LogP contribution is -2.35. The first-order chi connectivity index (χ1) is 6.87. The summed E-state index contributed by atoms with van der Waals surface area (Å²) >= 11 is 0. The van der Waals surface area contributed by atoms with Crippen LogP contribution in [0.3, 0.4) is 0 Å². The number of hydrogen-bond acceptors (Lipinski definition) is 3. The Morgan fingerprint density at radius 2 is 2.13 bits per heavy atom. The molecule has 2 atom stereocenters. The third-order valence-corrected chi connectivity index (χ3v) is 2.52. The number of rotatable bonds is 2. The van der Waals surface area contributed by atoms with Gasteiger partial charge >= 0.3 is 6.09 Å². The van der Waals surface area contributed by atoms with Crippen LogP contribution in [0.5, 0.6) is 0 Å². The highest BCUT2D eigenvalue weighted by atomic mass is 16.6. The van der Waals surface area contributed by atoms with Crippen LogP contribution in [0, 0.1) is 5.92 Å². The van der Waals surface area contributed by atoms with E-state index in [-0.39, 0.29) is 6.09 Å². The second kappa shape index (κ2) is 4.84. The van der Waals surface area contributed by atoms with Gasteiger partial charge in [-0.05, 0) is 46.0 Å². The Bertz CT molecular complexity index is 223. The Balaban J connectivity index is 2.17. The largest absolute Gasteiger partial charge is 0.444 e. The van der Waals surface area contributed by atoms with Crippen molar-refractivity contribution in [2.45, 2.75) is 51.7 Å². The molecule has 0 aromatic rings. The van der Waals surface area contributed by atoms with Crippen LogP contribution in [0.1, 0.15) is 40.0 Å². The van der Waals surface area contributed by atoms with Gasteiger partial charge in [0.1, 0.15) is 5.60 Å². The first kappa shape index (κ1) is 12.3. The first-order valence-electron chi connectivity index (χ1n) is 5.59. The Labute approximate surface area is 91.5 Å². The van der Waals surface area contributed by atoms with Gasteiger partial charge in [0.15, 0.2) is 0 Å². The minimum atomic E-state index is -0.420. The summed E-state index contributed by atoms with van der Waals surface area (Å²) in [4.78, 5) is 11.3. The highest BCUT2D eigenvalue weighted by Crippen LogP contribution is 2.23. The summed E-state index contributed by atoms with van der Waals surface area (Å²) in [5.74, 6) is 0.521. The van der Waals surface area contributed by atoms with E-state index >= 15 is 0 Å². The Hall–Kier alpha value is -0.770. The van der Waals surface area contributed by atoms with Crippen molar-refractivity contribution in [3.05, 3.63) is 0 Å². The van der Waals surface area contributed by atoms with Crippen LogP contribution in [0.15, 0.2) is 0 Å². The normalized spacial score (nSPS) is 26.4. The van der Waals surface area contributed by atoms with E-state index in [0.29, 0.717) is 18.5 Å².